The minimum atomic E-state index is -0.542. The average Bonchev–Trinajstić information content (AvgIpc) is 2.83. The van der Waals surface area contributed by atoms with Gasteiger partial charge >= 0.3 is 5.69 Å². The molecule has 1 aromatic heterocycles. The van der Waals surface area contributed by atoms with Crippen LogP contribution in [0.2, 0.25) is 0 Å². The molecule has 0 radical (unpaired) electrons. The van der Waals surface area contributed by atoms with Crippen LogP contribution in [-0.4, -0.2) is 45.1 Å². The van der Waals surface area contributed by atoms with Crippen LogP contribution >= 0.6 is 12.4 Å². The van der Waals surface area contributed by atoms with Crippen LogP contribution < -0.4 is 5.73 Å². The number of nitro groups is 1. The molecule has 0 fully saturated rings. The van der Waals surface area contributed by atoms with Crippen LogP contribution in [0.25, 0.3) is 0 Å². The first kappa shape index (κ1) is 19.3. The van der Waals surface area contributed by atoms with Crippen molar-refractivity contribution in [1.29, 1.82) is 0 Å². The Morgan fingerprint density at radius 3 is 2.67 bits per heavy atom. The topological polar surface area (TPSA) is 107 Å². The van der Waals surface area contributed by atoms with Crippen molar-refractivity contribution in [3.05, 3.63) is 22.5 Å². The molecule has 120 valence electrons. The summed E-state index contributed by atoms with van der Waals surface area (Å²) in [5, 5.41) is 14.3. The second-order valence-corrected chi connectivity index (χ2v) is 5.17. The van der Waals surface area contributed by atoms with E-state index in [0.29, 0.717) is 12.5 Å². The molecule has 0 saturated carbocycles. The van der Waals surface area contributed by atoms with Crippen molar-refractivity contribution >= 4 is 24.0 Å². The van der Waals surface area contributed by atoms with Gasteiger partial charge in [0, 0.05) is 19.6 Å². The standard InChI is InChI=1S/C12H21N5O3.ClH/c1-9(2)11(13)4-5-15(3)12(18)8-16-7-10(6-14-16)17(19)20;/h6-7,9,11H,4-5,8,13H2,1-3H3;1H. The summed E-state index contributed by atoms with van der Waals surface area (Å²) in [6, 6.07) is 0.0519. The van der Waals surface area contributed by atoms with Gasteiger partial charge in [0.05, 0.1) is 4.92 Å². The number of nitrogens with zero attached hydrogens (tertiary/aromatic N) is 4. The number of carbonyl (C=O) groups excluding carboxylic acids is 1. The third kappa shape index (κ3) is 6.09. The Balaban J connectivity index is 0.00000400. The first-order valence-corrected chi connectivity index (χ1v) is 6.47. The zero-order valence-corrected chi connectivity index (χ0v) is 13.2. The fourth-order valence-corrected chi connectivity index (χ4v) is 1.59. The van der Waals surface area contributed by atoms with E-state index in [-0.39, 0.29) is 36.6 Å². The molecule has 0 spiro atoms. The second kappa shape index (κ2) is 8.58. The lowest BCUT2D eigenvalue weighted by Crippen LogP contribution is -2.36. The molecule has 2 N–H and O–H groups in total. The average molecular weight is 320 g/mol. The monoisotopic (exact) mass is 319 g/mol. The Hall–Kier alpha value is -1.67. The molecule has 0 aromatic carbocycles. The third-order valence-electron chi connectivity index (χ3n) is 3.21. The summed E-state index contributed by atoms with van der Waals surface area (Å²) < 4.78 is 1.26. The molecule has 1 atom stereocenters. The highest BCUT2D eigenvalue weighted by Gasteiger charge is 2.15. The first-order chi connectivity index (χ1) is 9.31. The first-order valence-electron chi connectivity index (χ1n) is 6.47. The van der Waals surface area contributed by atoms with Crippen molar-refractivity contribution in [3.8, 4) is 0 Å². The molecule has 1 heterocycles. The van der Waals surface area contributed by atoms with Crippen LogP contribution in [0.1, 0.15) is 20.3 Å². The molecule has 0 aliphatic carbocycles. The second-order valence-electron chi connectivity index (χ2n) is 5.17. The maximum absolute atomic E-state index is 11.9. The van der Waals surface area contributed by atoms with E-state index in [4.69, 9.17) is 5.73 Å². The number of halogens is 1. The molecule has 1 rings (SSSR count). The maximum Gasteiger partial charge on any atom is 0.307 e. The van der Waals surface area contributed by atoms with Crippen LogP contribution in [0.4, 0.5) is 5.69 Å². The minimum absolute atomic E-state index is 0. The predicted molar refractivity (Wildman–Crippen MR) is 81.2 cm³/mol. The fourth-order valence-electron chi connectivity index (χ4n) is 1.59. The van der Waals surface area contributed by atoms with Gasteiger partial charge in [0.25, 0.3) is 0 Å². The van der Waals surface area contributed by atoms with Gasteiger partial charge in [-0.15, -0.1) is 12.4 Å². The van der Waals surface area contributed by atoms with Crippen molar-refractivity contribution in [2.45, 2.75) is 32.9 Å². The molecule has 1 unspecified atom stereocenters. The lowest BCUT2D eigenvalue weighted by molar-refractivity contribution is -0.385. The van der Waals surface area contributed by atoms with E-state index in [9.17, 15) is 14.9 Å². The summed E-state index contributed by atoms with van der Waals surface area (Å²) in [6.07, 6.45) is 3.09. The summed E-state index contributed by atoms with van der Waals surface area (Å²) in [4.78, 5) is 23.5. The van der Waals surface area contributed by atoms with Crippen molar-refractivity contribution in [1.82, 2.24) is 14.7 Å². The number of amides is 1. The van der Waals surface area contributed by atoms with E-state index < -0.39 is 4.92 Å². The lowest BCUT2D eigenvalue weighted by Gasteiger charge is -2.21. The molecule has 21 heavy (non-hydrogen) atoms. The van der Waals surface area contributed by atoms with Crippen LogP contribution in [0.3, 0.4) is 0 Å². The number of hydrogen-bond donors (Lipinski definition) is 1. The van der Waals surface area contributed by atoms with E-state index in [1.54, 1.807) is 11.9 Å². The molecule has 0 bridgehead atoms. The van der Waals surface area contributed by atoms with Gasteiger partial charge in [0.2, 0.25) is 5.91 Å². The van der Waals surface area contributed by atoms with Gasteiger partial charge < -0.3 is 10.6 Å². The number of likely N-dealkylation sites (N-methyl/N-ethyl adjacent to an activating group) is 1. The highest BCUT2D eigenvalue weighted by atomic mass is 35.5. The molecule has 0 aliphatic rings. The largest absolute Gasteiger partial charge is 0.344 e. The molecule has 1 amide bonds. The smallest absolute Gasteiger partial charge is 0.307 e. The van der Waals surface area contributed by atoms with Gasteiger partial charge in [-0.25, -0.2) is 0 Å². The van der Waals surface area contributed by atoms with Crippen molar-refractivity contribution in [2.24, 2.45) is 11.7 Å². The van der Waals surface area contributed by atoms with Gasteiger partial charge in [-0.1, -0.05) is 13.8 Å². The van der Waals surface area contributed by atoms with E-state index >= 15 is 0 Å². The van der Waals surface area contributed by atoms with Crippen LogP contribution in [0.15, 0.2) is 12.4 Å². The Morgan fingerprint density at radius 2 is 2.19 bits per heavy atom. The van der Waals surface area contributed by atoms with E-state index in [0.717, 1.165) is 12.6 Å². The van der Waals surface area contributed by atoms with E-state index in [2.05, 4.69) is 5.10 Å². The van der Waals surface area contributed by atoms with Gasteiger partial charge in [-0.05, 0) is 12.3 Å². The minimum Gasteiger partial charge on any atom is -0.344 e. The van der Waals surface area contributed by atoms with Crippen molar-refractivity contribution in [2.75, 3.05) is 13.6 Å². The third-order valence-corrected chi connectivity index (χ3v) is 3.21. The SMILES string of the molecule is CC(C)C(N)CCN(C)C(=O)Cn1cc([N+](=O)[O-])cn1.Cl. The highest BCUT2D eigenvalue weighted by Crippen LogP contribution is 2.08. The van der Waals surface area contributed by atoms with Gasteiger partial charge in [0.1, 0.15) is 18.9 Å². The van der Waals surface area contributed by atoms with Crippen LogP contribution in [0.5, 0.6) is 0 Å². The molecule has 9 heteroatoms. The van der Waals surface area contributed by atoms with Crippen molar-refractivity contribution in [3.63, 3.8) is 0 Å². The maximum atomic E-state index is 11.9. The van der Waals surface area contributed by atoms with E-state index in [1.807, 2.05) is 13.8 Å². The summed E-state index contributed by atoms with van der Waals surface area (Å²) >= 11 is 0. The number of nitrogens with two attached hydrogens (primary N) is 1. The Labute approximate surface area is 129 Å². The van der Waals surface area contributed by atoms with Crippen LogP contribution in [0, 0.1) is 16.0 Å². The fraction of sp³-hybridized carbons (Fsp3) is 0.667. The Morgan fingerprint density at radius 1 is 1.57 bits per heavy atom. The molecule has 0 aliphatic heterocycles. The van der Waals surface area contributed by atoms with Gasteiger partial charge in [-0.3, -0.25) is 19.6 Å². The summed E-state index contributed by atoms with van der Waals surface area (Å²) in [6.45, 7) is 4.62. The molecular formula is C12H22ClN5O3. The van der Waals surface area contributed by atoms with Gasteiger partial charge in [-0.2, -0.15) is 5.10 Å². The molecular weight excluding hydrogens is 298 g/mol. The summed E-state index contributed by atoms with van der Waals surface area (Å²) in [5.41, 5.74) is 5.80. The molecule has 1 aromatic rings. The molecule has 0 saturated heterocycles. The summed E-state index contributed by atoms with van der Waals surface area (Å²) in [5.74, 6) is 0.214. The lowest BCUT2D eigenvalue weighted by atomic mass is 10.0. The normalized spacial score (nSPS) is 11.9. The number of aromatic nitrogens is 2. The molecule has 8 nitrogen and oxygen atoms in total. The predicted octanol–water partition coefficient (Wildman–Crippen LogP) is 1.04. The highest BCUT2D eigenvalue weighted by molar-refractivity contribution is 5.85. The zero-order valence-electron chi connectivity index (χ0n) is 12.4. The van der Waals surface area contributed by atoms with E-state index in [1.165, 1.54) is 10.9 Å². The number of rotatable bonds is 7. The Kier molecular flexibility index (Phi) is 7.90. The Bertz CT molecular complexity index is 477. The zero-order chi connectivity index (χ0) is 15.3. The summed E-state index contributed by atoms with van der Waals surface area (Å²) in [7, 11) is 1.69. The number of carbonyl (C=O) groups is 1. The van der Waals surface area contributed by atoms with Crippen molar-refractivity contribution < 1.29 is 9.72 Å². The number of hydrogen-bond acceptors (Lipinski definition) is 5. The quantitative estimate of drug-likeness (QED) is 0.597. The van der Waals surface area contributed by atoms with Crippen LogP contribution in [-0.2, 0) is 11.3 Å². The van der Waals surface area contributed by atoms with Gasteiger partial charge in [0.15, 0.2) is 0 Å².